The summed E-state index contributed by atoms with van der Waals surface area (Å²) in [6.45, 7) is 6.57. The Labute approximate surface area is 231 Å². The highest BCUT2D eigenvalue weighted by Gasteiger charge is 2.46. The zero-order valence-electron chi connectivity index (χ0n) is 21.9. The first-order chi connectivity index (χ1) is 18.5. The maximum atomic E-state index is 14.3. The third-order valence-corrected chi connectivity index (χ3v) is 8.15. The van der Waals surface area contributed by atoms with E-state index in [0.29, 0.717) is 40.3 Å². The summed E-state index contributed by atoms with van der Waals surface area (Å²) < 4.78 is 26.5. The fourth-order valence-electron chi connectivity index (χ4n) is 5.70. The second-order valence-electron chi connectivity index (χ2n) is 11.6. The Morgan fingerprint density at radius 2 is 1.82 bits per heavy atom. The monoisotopic (exact) mass is 549 g/mol. The van der Waals surface area contributed by atoms with Crippen molar-refractivity contribution in [2.45, 2.75) is 57.1 Å². The van der Waals surface area contributed by atoms with Gasteiger partial charge in [-0.3, -0.25) is 14.5 Å². The third kappa shape index (κ3) is 4.52. The summed E-state index contributed by atoms with van der Waals surface area (Å²) in [4.78, 5) is 28.3. The van der Waals surface area contributed by atoms with Gasteiger partial charge in [-0.05, 0) is 77.3 Å². The number of ether oxygens (including phenoxy) is 2. The Morgan fingerprint density at radius 3 is 2.49 bits per heavy atom. The van der Waals surface area contributed by atoms with Crippen molar-refractivity contribution >= 4 is 29.2 Å². The van der Waals surface area contributed by atoms with E-state index >= 15 is 0 Å². The van der Waals surface area contributed by atoms with Crippen molar-refractivity contribution < 1.29 is 28.6 Å². The number of carbonyl (C=O) groups is 2. The Balaban J connectivity index is 1.52. The quantitative estimate of drug-likeness (QED) is 0.383. The summed E-state index contributed by atoms with van der Waals surface area (Å²) >= 11 is 6.69. The predicted octanol–water partition coefficient (Wildman–Crippen LogP) is 6.90. The molecule has 1 fully saturated rings. The van der Waals surface area contributed by atoms with Gasteiger partial charge in [0.05, 0.1) is 6.04 Å². The van der Waals surface area contributed by atoms with Gasteiger partial charge in [0.25, 0.3) is 5.91 Å². The predicted molar refractivity (Wildman–Crippen MR) is 146 cm³/mol. The highest BCUT2D eigenvalue weighted by molar-refractivity contribution is 6.32. The maximum Gasteiger partial charge on any atom is 0.313 e. The first kappa shape index (κ1) is 25.7. The minimum Gasteiger partial charge on any atom is -0.486 e. The van der Waals surface area contributed by atoms with Crippen molar-refractivity contribution in [1.82, 2.24) is 0 Å². The van der Waals surface area contributed by atoms with E-state index in [-0.39, 0.29) is 22.6 Å². The number of carboxylic acids is 1. The van der Waals surface area contributed by atoms with E-state index in [1.165, 1.54) is 17.0 Å². The van der Waals surface area contributed by atoms with Crippen LogP contribution in [0, 0.1) is 11.7 Å². The van der Waals surface area contributed by atoms with Gasteiger partial charge in [0.1, 0.15) is 24.4 Å². The first-order valence-corrected chi connectivity index (χ1v) is 13.5. The fourth-order valence-corrected chi connectivity index (χ4v) is 6.16. The molecule has 3 aromatic carbocycles. The molecule has 0 aromatic heterocycles. The number of anilines is 1. The molecule has 3 atom stereocenters. The lowest BCUT2D eigenvalue weighted by Gasteiger charge is -2.41. The molecule has 0 bridgehead atoms. The van der Waals surface area contributed by atoms with Crippen molar-refractivity contribution in [3.05, 3.63) is 87.7 Å². The van der Waals surface area contributed by atoms with Crippen LogP contribution in [0.1, 0.15) is 72.6 Å². The fraction of sp³-hybridized carbons (Fsp3) is 0.355. The van der Waals surface area contributed by atoms with Crippen molar-refractivity contribution in [2.75, 3.05) is 11.5 Å². The molecule has 1 unspecified atom stereocenters. The Kier molecular flexibility index (Phi) is 6.10. The van der Waals surface area contributed by atoms with Gasteiger partial charge < -0.3 is 14.6 Å². The van der Waals surface area contributed by atoms with Crippen LogP contribution in [0.2, 0.25) is 5.02 Å². The normalized spacial score (nSPS) is 22.4. The molecule has 1 N–H and O–H groups in total. The average molecular weight is 550 g/mol. The topological polar surface area (TPSA) is 76.1 Å². The molecule has 1 amide bonds. The standard InChI is InChI=1S/C31H29ClFNO5/c1-31(2,3)22-10-8-19(14-23(22)32)34-28(27(30(36)37)20-9-7-18(33)13-21(20)29(34)35)17-6-11-24-25(12-17)39-26(15-38-24)16-4-5-16/h6-14,16,26-28H,4-5,15H2,1-3H3,(H,36,37)/t26?,27-,28+/m1/s1. The van der Waals surface area contributed by atoms with E-state index in [2.05, 4.69) is 0 Å². The summed E-state index contributed by atoms with van der Waals surface area (Å²) in [5.74, 6) is -1.86. The molecule has 39 heavy (non-hydrogen) atoms. The lowest BCUT2D eigenvalue weighted by atomic mass is 9.79. The Morgan fingerprint density at radius 1 is 1.05 bits per heavy atom. The zero-order valence-corrected chi connectivity index (χ0v) is 22.7. The van der Waals surface area contributed by atoms with Gasteiger partial charge in [-0.25, -0.2) is 4.39 Å². The van der Waals surface area contributed by atoms with Crippen LogP contribution in [-0.4, -0.2) is 29.7 Å². The van der Waals surface area contributed by atoms with Crippen molar-refractivity contribution in [3.63, 3.8) is 0 Å². The molecule has 202 valence electrons. The van der Waals surface area contributed by atoms with Crippen LogP contribution in [0.15, 0.2) is 54.6 Å². The summed E-state index contributed by atoms with van der Waals surface area (Å²) in [5, 5.41) is 10.9. The number of benzene rings is 3. The van der Waals surface area contributed by atoms with Crippen LogP contribution in [-0.2, 0) is 10.2 Å². The van der Waals surface area contributed by atoms with Crippen molar-refractivity contribution in [3.8, 4) is 11.5 Å². The van der Waals surface area contributed by atoms with Gasteiger partial charge >= 0.3 is 5.97 Å². The van der Waals surface area contributed by atoms with Gasteiger partial charge in [0.15, 0.2) is 11.5 Å². The van der Waals surface area contributed by atoms with E-state index < -0.39 is 29.7 Å². The van der Waals surface area contributed by atoms with Gasteiger partial charge in [0.2, 0.25) is 0 Å². The number of fused-ring (bicyclic) bond motifs is 2. The van der Waals surface area contributed by atoms with E-state index in [9.17, 15) is 19.1 Å². The molecule has 6 nitrogen and oxygen atoms in total. The summed E-state index contributed by atoms with van der Waals surface area (Å²) in [6, 6.07) is 13.3. The Hall–Kier alpha value is -3.58. The summed E-state index contributed by atoms with van der Waals surface area (Å²) in [5.41, 5.74) is 1.92. The van der Waals surface area contributed by atoms with Crippen LogP contribution >= 0.6 is 11.6 Å². The number of hydrogen-bond acceptors (Lipinski definition) is 4. The Bertz CT molecular complexity index is 1490. The number of halogens is 2. The maximum absolute atomic E-state index is 14.3. The number of aliphatic carboxylic acids is 1. The second-order valence-corrected chi connectivity index (χ2v) is 12.0. The van der Waals surface area contributed by atoms with Crippen LogP contribution in [0.3, 0.4) is 0 Å². The largest absolute Gasteiger partial charge is 0.486 e. The van der Waals surface area contributed by atoms with Crippen LogP contribution in [0.5, 0.6) is 11.5 Å². The summed E-state index contributed by atoms with van der Waals surface area (Å²) in [7, 11) is 0. The number of carboxylic acid groups (broad SMARTS) is 1. The SMILES string of the molecule is CC(C)(C)c1ccc(N2C(=O)c3cc(F)ccc3[C@@H](C(=O)O)[C@@H]2c2ccc3c(c2)OC(C2CC2)CO3)cc1Cl. The van der Waals surface area contributed by atoms with Crippen LogP contribution < -0.4 is 14.4 Å². The van der Waals surface area contributed by atoms with Crippen molar-refractivity contribution in [2.24, 2.45) is 5.92 Å². The van der Waals surface area contributed by atoms with E-state index in [1.807, 2.05) is 26.8 Å². The number of hydrogen-bond donors (Lipinski definition) is 1. The molecule has 3 aliphatic rings. The van der Waals surface area contributed by atoms with Gasteiger partial charge in [0, 0.05) is 16.3 Å². The highest BCUT2D eigenvalue weighted by Crippen LogP contribution is 2.49. The molecule has 6 rings (SSSR count). The van der Waals surface area contributed by atoms with E-state index in [4.69, 9.17) is 21.1 Å². The molecule has 0 radical (unpaired) electrons. The van der Waals surface area contributed by atoms with Gasteiger partial charge in [-0.2, -0.15) is 0 Å². The molecule has 2 heterocycles. The molecule has 0 spiro atoms. The number of amides is 1. The molecular weight excluding hydrogens is 521 g/mol. The van der Waals surface area contributed by atoms with E-state index in [0.717, 1.165) is 24.5 Å². The van der Waals surface area contributed by atoms with Crippen LogP contribution in [0.4, 0.5) is 10.1 Å². The zero-order chi connectivity index (χ0) is 27.6. The third-order valence-electron chi connectivity index (χ3n) is 7.84. The molecule has 2 aliphatic heterocycles. The summed E-state index contributed by atoms with van der Waals surface area (Å²) in [6.07, 6.45) is 2.13. The van der Waals surface area contributed by atoms with E-state index in [1.54, 1.807) is 30.3 Å². The first-order valence-electron chi connectivity index (χ1n) is 13.1. The molecule has 3 aromatic rings. The molecule has 1 aliphatic carbocycles. The molecular formula is C31H29ClFNO5. The lowest BCUT2D eigenvalue weighted by molar-refractivity contribution is -0.139. The smallest absolute Gasteiger partial charge is 0.313 e. The van der Waals surface area contributed by atoms with Crippen LogP contribution in [0.25, 0.3) is 0 Å². The minimum absolute atomic E-state index is 0.0148. The van der Waals surface area contributed by atoms with Crippen molar-refractivity contribution in [1.29, 1.82) is 0 Å². The molecule has 0 saturated heterocycles. The minimum atomic E-state index is -1.17. The lowest BCUT2D eigenvalue weighted by Crippen LogP contribution is -2.45. The molecule has 8 heteroatoms. The molecule has 1 saturated carbocycles. The number of nitrogens with zero attached hydrogens (tertiary/aromatic N) is 1. The second kappa shape index (κ2) is 9.26. The van der Waals surface area contributed by atoms with Gasteiger partial charge in [-0.15, -0.1) is 0 Å². The highest BCUT2D eigenvalue weighted by atomic mass is 35.5. The van der Waals surface area contributed by atoms with Gasteiger partial charge in [-0.1, -0.05) is 50.6 Å². The number of carbonyl (C=O) groups excluding carboxylic acids is 1. The number of rotatable bonds is 4. The average Bonchev–Trinajstić information content (AvgIpc) is 3.73.